The molecule has 8 heteroatoms. The fourth-order valence-electron chi connectivity index (χ4n) is 2.99. The predicted octanol–water partition coefficient (Wildman–Crippen LogP) is 3.75. The van der Waals surface area contributed by atoms with Gasteiger partial charge in [-0.3, -0.25) is 4.79 Å². The number of nitrogens with zero attached hydrogens (tertiary/aromatic N) is 3. The molecule has 26 heavy (non-hydrogen) atoms. The van der Waals surface area contributed by atoms with E-state index in [0.29, 0.717) is 0 Å². The average molecular weight is 440 g/mol. The second kappa shape index (κ2) is 8.22. The number of nitrogens with one attached hydrogen (secondary N) is 1. The first-order chi connectivity index (χ1) is 12.4. The molecule has 0 unspecified atom stereocenters. The highest BCUT2D eigenvalue weighted by Gasteiger charge is 2.26. The summed E-state index contributed by atoms with van der Waals surface area (Å²) in [4.78, 5) is 21.5. The van der Waals surface area contributed by atoms with Crippen LogP contribution in [0.1, 0.15) is 31.9 Å². The van der Waals surface area contributed by atoms with E-state index in [4.69, 9.17) is 16.3 Å². The lowest BCUT2D eigenvalue weighted by Crippen LogP contribution is -2.25. The molecule has 2 heterocycles. The van der Waals surface area contributed by atoms with Crippen molar-refractivity contribution in [3.05, 3.63) is 45.8 Å². The number of aromatic nitrogens is 2. The summed E-state index contributed by atoms with van der Waals surface area (Å²) < 4.78 is 6.91. The molecule has 0 aliphatic carbocycles. The van der Waals surface area contributed by atoms with Crippen molar-refractivity contribution in [2.24, 2.45) is 0 Å². The summed E-state index contributed by atoms with van der Waals surface area (Å²) in [5.74, 6) is 1.56. The largest absolute Gasteiger partial charge is 0.489 e. The van der Waals surface area contributed by atoms with Gasteiger partial charge in [0.15, 0.2) is 0 Å². The molecular weight excluding hydrogens is 420 g/mol. The Hall–Kier alpha value is -1.86. The normalized spacial score (nSPS) is 17.8. The van der Waals surface area contributed by atoms with Crippen molar-refractivity contribution >= 4 is 39.3 Å². The summed E-state index contributed by atoms with van der Waals surface area (Å²) in [6.07, 6.45) is 2.64. The van der Waals surface area contributed by atoms with Gasteiger partial charge in [-0.15, -0.1) is 0 Å². The zero-order chi connectivity index (χ0) is 18.7. The molecule has 1 aromatic carbocycles. The van der Waals surface area contributed by atoms with Crippen LogP contribution < -0.4 is 15.0 Å². The highest BCUT2D eigenvalue weighted by atomic mass is 79.9. The van der Waals surface area contributed by atoms with Gasteiger partial charge in [-0.05, 0) is 52.2 Å². The van der Waals surface area contributed by atoms with Crippen LogP contribution >= 0.6 is 27.5 Å². The van der Waals surface area contributed by atoms with Crippen LogP contribution in [-0.2, 0) is 4.79 Å². The van der Waals surface area contributed by atoms with Gasteiger partial charge in [-0.25, -0.2) is 4.98 Å². The molecule has 3 rings (SSSR count). The Morgan fingerprint density at radius 1 is 1.42 bits per heavy atom. The molecule has 0 radical (unpaired) electrons. The maximum Gasteiger partial charge on any atom is 0.224 e. The molecular formula is C18H20BrClN4O2. The van der Waals surface area contributed by atoms with E-state index in [-0.39, 0.29) is 23.3 Å². The molecule has 6 nitrogen and oxygen atoms in total. The van der Waals surface area contributed by atoms with Crippen LogP contribution in [0, 0.1) is 0 Å². The van der Waals surface area contributed by atoms with Gasteiger partial charge < -0.3 is 15.0 Å². The highest BCUT2D eigenvalue weighted by molar-refractivity contribution is 9.10. The molecule has 1 aromatic heterocycles. The van der Waals surface area contributed by atoms with Crippen LogP contribution in [0.2, 0.25) is 5.28 Å². The maximum atomic E-state index is 11.2. The van der Waals surface area contributed by atoms with Crippen LogP contribution in [0.5, 0.6) is 5.75 Å². The monoisotopic (exact) mass is 438 g/mol. The topological polar surface area (TPSA) is 67.3 Å². The van der Waals surface area contributed by atoms with Crippen molar-refractivity contribution < 1.29 is 9.53 Å². The summed E-state index contributed by atoms with van der Waals surface area (Å²) in [5, 5.41) is 3.10. The molecule has 1 amide bonds. The lowest BCUT2D eigenvalue weighted by Gasteiger charge is -2.19. The van der Waals surface area contributed by atoms with E-state index in [1.54, 1.807) is 6.20 Å². The lowest BCUT2D eigenvalue weighted by molar-refractivity contribution is -0.119. The summed E-state index contributed by atoms with van der Waals surface area (Å²) in [6.45, 7) is 5.05. The summed E-state index contributed by atoms with van der Waals surface area (Å²) >= 11 is 9.38. The first kappa shape index (κ1) is 18.9. The molecule has 1 fully saturated rings. The Balaban J connectivity index is 1.60. The average Bonchev–Trinajstić information content (AvgIpc) is 3.05. The van der Waals surface area contributed by atoms with Crippen LogP contribution in [0.25, 0.3) is 0 Å². The molecule has 2 aromatic rings. The van der Waals surface area contributed by atoms with E-state index in [2.05, 4.69) is 36.1 Å². The minimum Gasteiger partial charge on any atom is -0.489 e. The first-order valence-corrected chi connectivity index (χ1v) is 9.56. The Morgan fingerprint density at radius 2 is 2.15 bits per heavy atom. The molecule has 1 N–H and O–H groups in total. The van der Waals surface area contributed by atoms with E-state index in [1.807, 2.05) is 31.2 Å². The second-order valence-electron chi connectivity index (χ2n) is 6.28. The molecule has 1 aliphatic rings. The van der Waals surface area contributed by atoms with Gasteiger partial charge in [0.05, 0.1) is 17.1 Å². The number of carbonyl (C=O) groups is 1. The number of carbonyl (C=O) groups excluding carboxylic acids is 1. The van der Waals surface area contributed by atoms with Crippen LogP contribution in [-0.4, -0.2) is 35.1 Å². The number of amides is 1. The van der Waals surface area contributed by atoms with E-state index in [0.717, 1.165) is 41.1 Å². The van der Waals surface area contributed by atoms with Crippen molar-refractivity contribution in [3.63, 3.8) is 0 Å². The van der Waals surface area contributed by atoms with Crippen molar-refractivity contribution in [1.29, 1.82) is 0 Å². The Bertz CT molecular complexity index is 787. The van der Waals surface area contributed by atoms with Crippen molar-refractivity contribution in [1.82, 2.24) is 15.3 Å². The SMILES string of the molecule is CC(=O)N[C@@H](C)c1ccc(O[C@@H]2CCN(c3nc(Cl)ncc3Br)C2)cc1. The first-order valence-electron chi connectivity index (χ1n) is 8.39. The molecule has 1 aliphatic heterocycles. The number of anilines is 1. The predicted molar refractivity (Wildman–Crippen MR) is 105 cm³/mol. The fourth-order valence-corrected chi connectivity index (χ4v) is 3.56. The third-order valence-electron chi connectivity index (χ3n) is 4.24. The van der Waals surface area contributed by atoms with E-state index in [1.165, 1.54) is 6.92 Å². The molecule has 0 spiro atoms. The Morgan fingerprint density at radius 3 is 2.85 bits per heavy atom. The third kappa shape index (κ3) is 4.65. The van der Waals surface area contributed by atoms with Crippen molar-refractivity contribution in [3.8, 4) is 5.75 Å². The Kier molecular flexibility index (Phi) is 5.98. The number of ether oxygens (including phenoxy) is 1. The Labute approximate surface area is 166 Å². The van der Waals surface area contributed by atoms with Crippen molar-refractivity contribution in [2.75, 3.05) is 18.0 Å². The number of halogens is 2. The minimum atomic E-state index is -0.0418. The highest BCUT2D eigenvalue weighted by Crippen LogP contribution is 2.29. The van der Waals surface area contributed by atoms with Crippen molar-refractivity contribution in [2.45, 2.75) is 32.4 Å². The maximum absolute atomic E-state index is 11.2. The van der Waals surface area contributed by atoms with Crippen LogP contribution in [0.3, 0.4) is 0 Å². The van der Waals surface area contributed by atoms with Gasteiger partial charge in [0.25, 0.3) is 0 Å². The van der Waals surface area contributed by atoms with Gasteiger partial charge >= 0.3 is 0 Å². The fraction of sp³-hybridized carbons (Fsp3) is 0.389. The molecule has 138 valence electrons. The van der Waals surface area contributed by atoms with E-state index < -0.39 is 0 Å². The number of benzene rings is 1. The van der Waals surface area contributed by atoms with Gasteiger partial charge in [0.1, 0.15) is 17.7 Å². The zero-order valence-electron chi connectivity index (χ0n) is 14.6. The molecule has 0 saturated carbocycles. The van der Waals surface area contributed by atoms with Gasteiger partial charge in [-0.2, -0.15) is 4.98 Å². The van der Waals surface area contributed by atoms with Crippen LogP contribution in [0.15, 0.2) is 34.9 Å². The zero-order valence-corrected chi connectivity index (χ0v) is 16.9. The van der Waals surface area contributed by atoms with Gasteiger partial charge in [0.2, 0.25) is 11.2 Å². The second-order valence-corrected chi connectivity index (χ2v) is 7.47. The van der Waals surface area contributed by atoms with E-state index in [9.17, 15) is 4.79 Å². The number of rotatable bonds is 5. The quantitative estimate of drug-likeness (QED) is 0.719. The molecule has 0 bridgehead atoms. The lowest BCUT2D eigenvalue weighted by atomic mass is 10.1. The smallest absolute Gasteiger partial charge is 0.224 e. The summed E-state index contributed by atoms with van der Waals surface area (Å²) in [5.41, 5.74) is 1.04. The van der Waals surface area contributed by atoms with E-state index >= 15 is 0 Å². The number of hydrogen-bond acceptors (Lipinski definition) is 5. The minimum absolute atomic E-state index is 0.0246. The molecule has 2 atom stereocenters. The molecule has 1 saturated heterocycles. The van der Waals surface area contributed by atoms with Gasteiger partial charge in [-0.1, -0.05) is 12.1 Å². The number of hydrogen-bond donors (Lipinski definition) is 1. The summed E-state index contributed by atoms with van der Waals surface area (Å²) in [6, 6.07) is 7.80. The van der Waals surface area contributed by atoms with Gasteiger partial charge in [0, 0.05) is 26.1 Å². The summed E-state index contributed by atoms with van der Waals surface area (Å²) in [7, 11) is 0. The third-order valence-corrected chi connectivity index (χ3v) is 4.98. The van der Waals surface area contributed by atoms with Crippen LogP contribution in [0.4, 0.5) is 5.82 Å². The standard InChI is InChI=1S/C18H20BrClN4O2/c1-11(22-12(2)25)13-3-5-14(6-4-13)26-15-7-8-24(10-15)17-16(19)9-21-18(20)23-17/h3-6,9,11,15H,7-8,10H2,1-2H3,(H,22,25)/t11-,15+/m0/s1.